The Labute approximate surface area is 191 Å². The average molecular weight is 450 g/mol. The van der Waals surface area contributed by atoms with Gasteiger partial charge in [0.25, 0.3) is 0 Å². The molecule has 0 saturated carbocycles. The molecular weight excluding hydrogens is 410 g/mol. The molecular formula is C23H39N5O2S. The van der Waals surface area contributed by atoms with Gasteiger partial charge in [-0.25, -0.2) is 0 Å². The number of morpholine rings is 1. The number of aryl methyl sites for hydroxylation is 1. The smallest absolute Gasteiger partial charge is 0.222 e. The van der Waals surface area contributed by atoms with Crippen molar-refractivity contribution < 1.29 is 9.53 Å². The van der Waals surface area contributed by atoms with Crippen molar-refractivity contribution in [3.05, 3.63) is 21.9 Å². The highest BCUT2D eigenvalue weighted by atomic mass is 32.1. The van der Waals surface area contributed by atoms with Crippen LogP contribution in [0.25, 0.3) is 0 Å². The molecule has 0 aromatic carbocycles. The van der Waals surface area contributed by atoms with Gasteiger partial charge in [-0.15, -0.1) is 11.3 Å². The van der Waals surface area contributed by atoms with Crippen LogP contribution in [0.3, 0.4) is 0 Å². The third-order valence-electron chi connectivity index (χ3n) is 5.91. The molecule has 1 atom stereocenters. The zero-order valence-corrected chi connectivity index (χ0v) is 20.0. The molecule has 2 aliphatic heterocycles. The van der Waals surface area contributed by atoms with Gasteiger partial charge in [-0.2, -0.15) is 0 Å². The monoisotopic (exact) mass is 449 g/mol. The van der Waals surface area contributed by atoms with E-state index >= 15 is 0 Å². The van der Waals surface area contributed by atoms with E-state index < -0.39 is 0 Å². The van der Waals surface area contributed by atoms with E-state index in [4.69, 9.17) is 9.73 Å². The first kappa shape index (κ1) is 24.0. The number of hydrogen-bond acceptors (Lipinski definition) is 5. The van der Waals surface area contributed by atoms with Gasteiger partial charge in [-0.05, 0) is 45.2 Å². The van der Waals surface area contributed by atoms with E-state index in [0.717, 1.165) is 84.2 Å². The molecule has 0 aliphatic carbocycles. The maximum Gasteiger partial charge on any atom is 0.222 e. The molecule has 1 aromatic heterocycles. The Bertz CT molecular complexity index is 702. The molecule has 2 aliphatic rings. The molecule has 0 spiro atoms. The predicted octanol–water partition coefficient (Wildman–Crippen LogP) is 2.78. The molecule has 3 rings (SSSR count). The zero-order chi connectivity index (χ0) is 21.9. The Hall–Kier alpha value is -1.64. The quantitative estimate of drug-likeness (QED) is 0.345. The third-order valence-corrected chi connectivity index (χ3v) is 7.01. The second-order valence-corrected chi connectivity index (χ2v) is 9.62. The second kappa shape index (κ2) is 13.0. The fourth-order valence-corrected chi connectivity index (χ4v) is 5.18. The van der Waals surface area contributed by atoms with E-state index in [1.165, 1.54) is 16.2 Å². The minimum Gasteiger partial charge on any atom is -0.379 e. The molecule has 0 bridgehead atoms. The van der Waals surface area contributed by atoms with Gasteiger partial charge in [-0.3, -0.25) is 14.7 Å². The van der Waals surface area contributed by atoms with Crippen LogP contribution in [0.4, 0.5) is 0 Å². The van der Waals surface area contributed by atoms with Crippen LogP contribution in [0.5, 0.6) is 0 Å². The zero-order valence-electron chi connectivity index (χ0n) is 19.2. The van der Waals surface area contributed by atoms with Crippen molar-refractivity contribution in [3.8, 4) is 0 Å². The number of ether oxygens (including phenoxy) is 1. The largest absolute Gasteiger partial charge is 0.379 e. The molecule has 0 radical (unpaired) electrons. The molecule has 1 unspecified atom stereocenters. The molecule has 2 N–H and O–H groups in total. The van der Waals surface area contributed by atoms with Crippen LogP contribution in [-0.2, 0) is 9.53 Å². The van der Waals surface area contributed by atoms with Crippen molar-refractivity contribution in [1.82, 2.24) is 20.4 Å². The number of thiophene rings is 1. The van der Waals surface area contributed by atoms with Gasteiger partial charge in [0.2, 0.25) is 5.91 Å². The Balaban J connectivity index is 1.54. The summed E-state index contributed by atoms with van der Waals surface area (Å²) in [4.78, 5) is 24.3. The summed E-state index contributed by atoms with van der Waals surface area (Å²) in [5.74, 6) is 1.17. The van der Waals surface area contributed by atoms with E-state index in [0.29, 0.717) is 12.3 Å². The average Bonchev–Trinajstić information content (AvgIpc) is 3.10. The lowest BCUT2D eigenvalue weighted by Crippen LogP contribution is -2.42. The number of hydrogen-bond donors (Lipinski definition) is 2. The van der Waals surface area contributed by atoms with E-state index in [2.05, 4.69) is 41.5 Å². The molecule has 1 amide bonds. The lowest BCUT2D eigenvalue weighted by Gasteiger charge is -2.33. The van der Waals surface area contributed by atoms with Crippen molar-refractivity contribution in [2.45, 2.75) is 52.0 Å². The van der Waals surface area contributed by atoms with Crippen molar-refractivity contribution in [1.29, 1.82) is 0 Å². The van der Waals surface area contributed by atoms with Gasteiger partial charge < -0.3 is 20.3 Å². The summed E-state index contributed by atoms with van der Waals surface area (Å²) in [6.07, 6.45) is 4.99. The SMILES string of the molecule is CCNC(=NCC(c1ccc(C)s1)N1CCOCC1)NCCCN1CCCCCC1=O. The summed E-state index contributed by atoms with van der Waals surface area (Å²) >= 11 is 1.86. The fraction of sp³-hybridized carbons (Fsp3) is 0.739. The number of carbonyl (C=O) groups is 1. The van der Waals surface area contributed by atoms with Crippen molar-refractivity contribution >= 4 is 23.2 Å². The standard InChI is InChI=1S/C23H39N5O2S/c1-3-24-23(25-11-7-13-28-12-6-4-5-8-22(28)29)26-18-20(21-10-9-19(2)31-21)27-14-16-30-17-15-27/h9-10,20H,3-8,11-18H2,1-2H3,(H2,24,25,26). The van der Waals surface area contributed by atoms with Crippen LogP contribution >= 0.6 is 11.3 Å². The molecule has 8 heteroatoms. The van der Waals surface area contributed by atoms with Crippen LogP contribution in [0, 0.1) is 6.92 Å². The van der Waals surface area contributed by atoms with Gasteiger partial charge in [0, 0.05) is 55.4 Å². The summed E-state index contributed by atoms with van der Waals surface area (Å²) in [5.41, 5.74) is 0. The Morgan fingerprint density at radius 3 is 2.77 bits per heavy atom. The number of nitrogens with one attached hydrogen (secondary N) is 2. The van der Waals surface area contributed by atoms with Crippen LogP contribution < -0.4 is 10.6 Å². The Kier molecular flexibility index (Phi) is 10.1. The Morgan fingerprint density at radius 2 is 2.03 bits per heavy atom. The summed E-state index contributed by atoms with van der Waals surface area (Å²) < 4.78 is 5.56. The third kappa shape index (κ3) is 7.77. The summed E-state index contributed by atoms with van der Waals surface area (Å²) in [7, 11) is 0. The molecule has 3 heterocycles. The number of rotatable bonds is 9. The molecule has 174 valence electrons. The van der Waals surface area contributed by atoms with Gasteiger partial charge in [0.1, 0.15) is 0 Å². The number of carbonyl (C=O) groups excluding carboxylic acids is 1. The molecule has 2 fully saturated rings. The van der Waals surface area contributed by atoms with Gasteiger partial charge in [-0.1, -0.05) is 6.42 Å². The number of aliphatic imine (C=N–C) groups is 1. The van der Waals surface area contributed by atoms with E-state index in [-0.39, 0.29) is 6.04 Å². The number of guanidine groups is 1. The van der Waals surface area contributed by atoms with E-state index in [1.807, 2.05) is 16.2 Å². The fourth-order valence-electron chi connectivity index (χ4n) is 4.18. The minimum atomic E-state index is 0.285. The summed E-state index contributed by atoms with van der Waals surface area (Å²) in [6, 6.07) is 4.73. The highest BCUT2D eigenvalue weighted by molar-refractivity contribution is 7.12. The van der Waals surface area contributed by atoms with E-state index in [9.17, 15) is 4.79 Å². The van der Waals surface area contributed by atoms with Crippen LogP contribution in [0.1, 0.15) is 54.8 Å². The van der Waals surface area contributed by atoms with Crippen LogP contribution in [0.2, 0.25) is 0 Å². The first-order valence-electron chi connectivity index (χ1n) is 11.9. The van der Waals surface area contributed by atoms with Gasteiger partial charge in [0.05, 0.1) is 25.8 Å². The van der Waals surface area contributed by atoms with Crippen molar-refractivity contribution in [2.24, 2.45) is 4.99 Å². The summed E-state index contributed by atoms with van der Waals surface area (Å²) in [6.45, 7) is 11.8. The first-order valence-corrected chi connectivity index (χ1v) is 12.7. The molecule has 2 saturated heterocycles. The second-order valence-electron chi connectivity index (χ2n) is 8.30. The maximum atomic E-state index is 12.2. The predicted molar refractivity (Wildman–Crippen MR) is 128 cm³/mol. The highest BCUT2D eigenvalue weighted by Gasteiger charge is 2.24. The van der Waals surface area contributed by atoms with Crippen LogP contribution in [0.15, 0.2) is 17.1 Å². The van der Waals surface area contributed by atoms with Gasteiger partial charge >= 0.3 is 0 Å². The lowest BCUT2D eigenvalue weighted by atomic mass is 10.2. The topological polar surface area (TPSA) is 69.2 Å². The number of amides is 1. The lowest BCUT2D eigenvalue weighted by molar-refractivity contribution is -0.130. The van der Waals surface area contributed by atoms with Crippen LogP contribution in [-0.4, -0.2) is 80.7 Å². The molecule has 7 nitrogen and oxygen atoms in total. The Morgan fingerprint density at radius 1 is 1.19 bits per heavy atom. The maximum absolute atomic E-state index is 12.2. The first-order chi connectivity index (χ1) is 15.2. The van der Waals surface area contributed by atoms with Crippen molar-refractivity contribution in [2.75, 3.05) is 59.0 Å². The number of nitrogens with zero attached hydrogens (tertiary/aromatic N) is 3. The van der Waals surface area contributed by atoms with E-state index in [1.54, 1.807) is 0 Å². The highest BCUT2D eigenvalue weighted by Crippen LogP contribution is 2.28. The van der Waals surface area contributed by atoms with Crippen molar-refractivity contribution in [3.63, 3.8) is 0 Å². The minimum absolute atomic E-state index is 0.285. The van der Waals surface area contributed by atoms with Gasteiger partial charge in [0.15, 0.2) is 5.96 Å². The molecule has 1 aromatic rings. The summed E-state index contributed by atoms with van der Waals surface area (Å²) in [5, 5.41) is 6.84. The molecule has 31 heavy (non-hydrogen) atoms. The number of likely N-dealkylation sites (tertiary alicyclic amines) is 1. The normalized spacial score (nSPS) is 19.9.